The number of halogens is 2. The molecule has 0 saturated carbocycles. The van der Waals surface area contributed by atoms with Crippen molar-refractivity contribution in [2.45, 2.75) is 26.4 Å². The molecule has 8 heteroatoms. The van der Waals surface area contributed by atoms with Gasteiger partial charge in [0.2, 0.25) is 0 Å². The Kier molecular flexibility index (Phi) is 4.18. The Labute approximate surface area is 130 Å². The quantitative estimate of drug-likeness (QED) is 0.916. The lowest BCUT2D eigenvalue weighted by Gasteiger charge is -2.18. The molecule has 0 saturated heterocycles. The van der Waals surface area contributed by atoms with Crippen LogP contribution in [0.1, 0.15) is 31.1 Å². The molecule has 2 aromatic rings. The molecule has 1 heterocycles. The standard InChI is InChI=1S/C15H14F2N2O4/c1-15(2,3)23-14(22)19-7-9(6-18-19)8-4-10(16)12(13(20)21)11(17)5-8/h4-7H,1-3H3,(H,20,21). The lowest BCUT2D eigenvalue weighted by molar-refractivity contribution is 0.0514. The van der Waals surface area contributed by atoms with E-state index in [-0.39, 0.29) is 11.1 Å². The van der Waals surface area contributed by atoms with Gasteiger partial charge in [-0.3, -0.25) is 0 Å². The number of nitrogens with zero attached hydrogens (tertiary/aromatic N) is 2. The Morgan fingerprint density at radius 2 is 1.74 bits per heavy atom. The van der Waals surface area contributed by atoms with Gasteiger partial charge in [-0.15, -0.1) is 0 Å². The average molecular weight is 324 g/mol. The Hall–Kier alpha value is -2.77. The third-order valence-corrected chi connectivity index (χ3v) is 2.75. The molecule has 0 fully saturated rings. The summed E-state index contributed by atoms with van der Waals surface area (Å²) in [4.78, 5) is 22.6. The van der Waals surface area contributed by atoms with E-state index in [4.69, 9.17) is 9.84 Å². The first-order chi connectivity index (χ1) is 10.6. The normalized spacial score (nSPS) is 11.3. The molecule has 0 atom stereocenters. The smallest absolute Gasteiger partial charge is 0.435 e. The van der Waals surface area contributed by atoms with E-state index in [2.05, 4.69) is 5.10 Å². The van der Waals surface area contributed by atoms with Gasteiger partial charge in [-0.1, -0.05) is 0 Å². The molecule has 0 bridgehead atoms. The van der Waals surface area contributed by atoms with Gasteiger partial charge in [0, 0.05) is 11.8 Å². The predicted octanol–water partition coefficient (Wildman–Crippen LogP) is 3.31. The molecule has 23 heavy (non-hydrogen) atoms. The number of carboxylic acid groups (broad SMARTS) is 1. The molecule has 0 aliphatic carbocycles. The SMILES string of the molecule is CC(C)(C)OC(=O)n1cc(-c2cc(F)c(C(=O)O)c(F)c2)cn1. The van der Waals surface area contributed by atoms with Gasteiger partial charge in [0.1, 0.15) is 22.8 Å². The molecule has 1 aromatic heterocycles. The predicted molar refractivity (Wildman–Crippen MR) is 76.2 cm³/mol. The number of benzene rings is 1. The van der Waals surface area contributed by atoms with Crippen molar-refractivity contribution in [2.75, 3.05) is 0 Å². The number of aromatic nitrogens is 2. The molecule has 122 valence electrons. The van der Waals surface area contributed by atoms with E-state index in [0.29, 0.717) is 0 Å². The largest absolute Gasteiger partial charge is 0.477 e. The zero-order valence-electron chi connectivity index (χ0n) is 12.6. The van der Waals surface area contributed by atoms with Crippen molar-refractivity contribution >= 4 is 12.1 Å². The Morgan fingerprint density at radius 3 is 2.22 bits per heavy atom. The number of carbonyl (C=O) groups excluding carboxylic acids is 1. The van der Waals surface area contributed by atoms with Gasteiger partial charge in [0.15, 0.2) is 0 Å². The van der Waals surface area contributed by atoms with Crippen molar-refractivity contribution in [3.63, 3.8) is 0 Å². The van der Waals surface area contributed by atoms with Gasteiger partial charge in [-0.2, -0.15) is 9.78 Å². The molecule has 1 aromatic carbocycles. The van der Waals surface area contributed by atoms with E-state index < -0.39 is 34.9 Å². The van der Waals surface area contributed by atoms with Crippen LogP contribution in [0.3, 0.4) is 0 Å². The van der Waals surface area contributed by atoms with E-state index in [1.165, 1.54) is 12.4 Å². The summed E-state index contributed by atoms with van der Waals surface area (Å²) in [5.41, 5.74) is -1.46. The number of hydrogen-bond acceptors (Lipinski definition) is 4. The summed E-state index contributed by atoms with van der Waals surface area (Å²) in [6, 6.07) is 1.73. The first-order valence-electron chi connectivity index (χ1n) is 6.59. The second-order valence-corrected chi connectivity index (χ2v) is 5.77. The summed E-state index contributed by atoms with van der Waals surface area (Å²) < 4.78 is 33.4. The minimum atomic E-state index is -1.70. The highest BCUT2D eigenvalue weighted by atomic mass is 19.1. The number of carboxylic acids is 1. The minimum Gasteiger partial charge on any atom is -0.477 e. The maximum absolute atomic E-state index is 13.7. The van der Waals surface area contributed by atoms with Crippen molar-refractivity contribution in [3.05, 3.63) is 41.7 Å². The van der Waals surface area contributed by atoms with Crippen molar-refractivity contribution < 1.29 is 28.2 Å². The van der Waals surface area contributed by atoms with Crippen LogP contribution in [0, 0.1) is 11.6 Å². The summed E-state index contributed by atoms with van der Waals surface area (Å²) in [5, 5.41) is 12.5. The molecule has 0 aliphatic heterocycles. The molecule has 0 unspecified atom stereocenters. The van der Waals surface area contributed by atoms with Crippen LogP contribution >= 0.6 is 0 Å². The van der Waals surface area contributed by atoms with Crippen LogP contribution in [-0.4, -0.2) is 32.6 Å². The zero-order valence-corrected chi connectivity index (χ0v) is 12.6. The fourth-order valence-electron chi connectivity index (χ4n) is 1.82. The highest BCUT2D eigenvalue weighted by molar-refractivity contribution is 5.89. The highest BCUT2D eigenvalue weighted by Gasteiger charge is 2.21. The molecule has 0 aliphatic rings. The fraction of sp³-hybridized carbons (Fsp3) is 0.267. The van der Waals surface area contributed by atoms with Gasteiger partial charge in [-0.25, -0.2) is 18.4 Å². The molecular formula is C15H14F2N2O4. The maximum atomic E-state index is 13.7. The number of ether oxygens (including phenoxy) is 1. The Balaban J connectivity index is 2.35. The first-order valence-corrected chi connectivity index (χ1v) is 6.59. The monoisotopic (exact) mass is 324 g/mol. The van der Waals surface area contributed by atoms with Crippen molar-refractivity contribution in [1.82, 2.24) is 9.78 Å². The van der Waals surface area contributed by atoms with Crippen LogP contribution in [0.25, 0.3) is 11.1 Å². The Bertz CT molecular complexity index is 755. The second-order valence-electron chi connectivity index (χ2n) is 5.77. The maximum Gasteiger partial charge on any atom is 0.435 e. The lowest BCUT2D eigenvalue weighted by atomic mass is 10.1. The van der Waals surface area contributed by atoms with E-state index in [1.54, 1.807) is 20.8 Å². The molecular weight excluding hydrogens is 310 g/mol. The summed E-state index contributed by atoms with van der Waals surface area (Å²) in [6.07, 6.45) is 1.72. The van der Waals surface area contributed by atoms with Crippen LogP contribution < -0.4 is 0 Å². The molecule has 1 N–H and O–H groups in total. The molecule has 6 nitrogen and oxygen atoms in total. The van der Waals surface area contributed by atoms with Crippen molar-refractivity contribution in [2.24, 2.45) is 0 Å². The van der Waals surface area contributed by atoms with E-state index in [0.717, 1.165) is 16.8 Å². The van der Waals surface area contributed by atoms with Gasteiger partial charge in [0.25, 0.3) is 0 Å². The van der Waals surface area contributed by atoms with Crippen LogP contribution in [-0.2, 0) is 4.74 Å². The third kappa shape index (κ3) is 3.71. The zero-order chi connectivity index (χ0) is 17.4. The van der Waals surface area contributed by atoms with Gasteiger partial charge in [-0.05, 0) is 38.5 Å². The van der Waals surface area contributed by atoms with Crippen LogP contribution in [0.4, 0.5) is 13.6 Å². The van der Waals surface area contributed by atoms with Crippen LogP contribution in [0.2, 0.25) is 0 Å². The average Bonchev–Trinajstić information content (AvgIpc) is 2.84. The number of aromatic carboxylic acids is 1. The summed E-state index contributed by atoms with van der Waals surface area (Å²) in [7, 11) is 0. The number of rotatable bonds is 2. The van der Waals surface area contributed by atoms with Crippen molar-refractivity contribution in [1.29, 1.82) is 0 Å². The van der Waals surface area contributed by atoms with Crippen molar-refractivity contribution in [3.8, 4) is 11.1 Å². The van der Waals surface area contributed by atoms with Gasteiger partial charge >= 0.3 is 12.1 Å². The fourth-order valence-corrected chi connectivity index (χ4v) is 1.82. The summed E-state index contributed by atoms with van der Waals surface area (Å²) in [5.74, 6) is -4.12. The third-order valence-electron chi connectivity index (χ3n) is 2.75. The minimum absolute atomic E-state index is 0.0554. The summed E-state index contributed by atoms with van der Waals surface area (Å²) >= 11 is 0. The van der Waals surface area contributed by atoms with Crippen LogP contribution in [0.15, 0.2) is 24.5 Å². The Morgan fingerprint density at radius 1 is 1.17 bits per heavy atom. The molecule has 0 radical (unpaired) electrons. The van der Waals surface area contributed by atoms with Crippen LogP contribution in [0.5, 0.6) is 0 Å². The highest BCUT2D eigenvalue weighted by Crippen LogP contribution is 2.24. The van der Waals surface area contributed by atoms with Gasteiger partial charge < -0.3 is 9.84 Å². The summed E-state index contributed by atoms with van der Waals surface area (Å²) in [6.45, 7) is 5.06. The molecule has 2 rings (SSSR count). The van der Waals surface area contributed by atoms with E-state index in [1.807, 2.05) is 0 Å². The topological polar surface area (TPSA) is 81.4 Å². The lowest BCUT2D eigenvalue weighted by Crippen LogP contribution is -2.27. The molecule has 0 spiro atoms. The van der Waals surface area contributed by atoms with E-state index in [9.17, 15) is 18.4 Å². The first kappa shape index (κ1) is 16.6. The second kappa shape index (κ2) is 5.79. The van der Waals surface area contributed by atoms with E-state index >= 15 is 0 Å². The number of carbonyl (C=O) groups is 2. The number of hydrogen-bond donors (Lipinski definition) is 1. The van der Waals surface area contributed by atoms with Gasteiger partial charge in [0.05, 0.1) is 6.20 Å². The molecule has 0 amide bonds.